The van der Waals surface area contributed by atoms with Gasteiger partial charge in [-0.2, -0.15) is 0 Å². The molecule has 0 fully saturated rings. The van der Waals surface area contributed by atoms with Crippen molar-refractivity contribution < 1.29 is 10.2 Å². The van der Waals surface area contributed by atoms with Crippen molar-refractivity contribution in [1.82, 2.24) is 9.13 Å². The number of rotatable bonds is 5. The Hall–Kier alpha value is -1.50. The summed E-state index contributed by atoms with van der Waals surface area (Å²) in [5, 5.41) is 24.6. The summed E-state index contributed by atoms with van der Waals surface area (Å²) in [7, 11) is 0. The Morgan fingerprint density at radius 3 is 1.50 bits per heavy atom. The Bertz CT molecular complexity index is 719. The summed E-state index contributed by atoms with van der Waals surface area (Å²) in [6.07, 6.45) is 0. The fraction of sp³-hybridized carbons (Fsp3) is 0.250. The number of thiazole rings is 2. The monoisotopic (exact) mass is 350 g/mol. The van der Waals surface area contributed by atoms with Crippen molar-refractivity contribution in [3.63, 3.8) is 0 Å². The molecule has 0 aliphatic heterocycles. The molecule has 2 N–H and O–H groups in total. The van der Waals surface area contributed by atoms with Gasteiger partial charge in [0.1, 0.15) is 0 Å². The normalized spacial score (nSPS) is 10.6. The van der Waals surface area contributed by atoms with Crippen LogP contribution in [0.15, 0.2) is 10.4 Å². The molecule has 0 aliphatic carbocycles. The van der Waals surface area contributed by atoms with E-state index >= 15 is 0 Å². The molecule has 0 saturated carbocycles. The molecule has 2 heterocycles. The first-order valence-electron chi connectivity index (χ1n) is 5.01. The van der Waals surface area contributed by atoms with E-state index in [0.717, 1.165) is 22.7 Å². The summed E-state index contributed by atoms with van der Waals surface area (Å²) >= 11 is 11.7. The minimum Gasteiger partial charge on any atom is -0.492 e. The van der Waals surface area contributed by atoms with E-state index in [-0.39, 0.29) is 42.8 Å². The first kappa shape index (κ1) is 14.9. The van der Waals surface area contributed by atoms with Crippen LogP contribution in [-0.2, 0) is 13.1 Å². The Balaban J connectivity index is 2.30. The maximum atomic E-state index is 10.5. The van der Waals surface area contributed by atoms with Gasteiger partial charge >= 0.3 is 0 Å². The van der Waals surface area contributed by atoms with E-state index < -0.39 is 0 Å². The lowest BCUT2D eigenvalue weighted by Crippen LogP contribution is -2.06. The molecule has 0 aromatic carbocycles. The summed E-state index contributed by atoms with van der Waals surface area (Å²) in [6, 6.07) is 0. The van der Waals surface area contributed by atoms with E-state index in [1.165, 1.54) is 9.13 Å². The number of hydrogen-bond acceptors (Lipinski definition) is 10. The lowest BCUT2D eigenvalue weighted by molar-refractivity contribution is 0.384. The van der Waals surface area contributed by atoms with Crippen LogP contribution in [0, 0.1) is 17.7 Å². The summed E-state index contributed by atoms with van der Waals surface area (Å²) in [5.41, 5.74) is 0. The fourth-order valence-corrected chi connectivity index (χ4v) is 3.70. The second-order valence-corrected chi connectivity index (χ2v) is 6.72. The predicted octanol–water partition coefficient (Wildman–Crippen LogP) is 3.78. The van der Waals surface area contributed by atoms with Gasteiger partial charge in [0.2, 0.25) is 21.8 Å². The van der Waals surface area contributed by atoms with Crippen molar-refractivity contribution in [2.45, 2.75) is 13.1 Å². The third-order valence-electron chi connectivity index (χ3n) is 2.42. The molecule has 12 heteroatoms. The molecule has 0 bridgehead atoms. The number of nitroso groups, excluding NO2 is 2. The van der Waals surface area contributed by atoms with E-state index in [2.05, 4.69) is 10.4 Å². The first-order valence-corrected chi connectivity index (χ1v) is 7.46. The van der Waals surface area contributed by atoms with Crippen molar-refractivity contribution in [2.75, 3.05) is 0 Å². The highest BCUT2D eigenvalue weighted by molar-refractivity contribution is 7.73. The van der Waals surface area contributed by atoms with Crippen molar-refractivity contribution >= 4 is 57.1 Å². The van der Waals surface area contributed by atoms with Crippen LogP contribution in [0.25, 0.3) is 0 Å². The smallest absolute Gasteiger partial charge is 0.233 e. The second-order valence-electron chi connectivity index (χ2n) is 3.48. The number of aromatic hydroxyl groups is 2. The summed E-state index contributed by atoms with van der Waals surface area (Å²) in [5.74, 6) is -0.657. The molecule has 2 rings (SSSR count). The van der Waals surface area contributed by atoms with Crippen LogP contribution < -0.4 is 0 Å². The van der Waals surface area contributed by atoms with Crippen LogP contribution in [0.5, 0.6) is 11.8 Å². The van der Waals surface area contributed by atoms with E-state index in [1.54, 1.807) is 0 Å². The van der Waals surface area contributed by atoms with E-state index in [4.69, 9.17) is 24.4 Å². The first-order chi connectivity index (χ1) is 9.49. The van der Waals surface area contributed by atoms with Crippen LogP contribution in [-0.4, -0.2) is 19.3 Å². The van der Waals surface area contributed by atoms with Crippen molar-refractivity contribution in [3.8, 4) is 11.8 Å². The Morgan fingerprint density at radius 1 is 0.900 bits per heavy atom. The molecule has 0 aliphatic rings. The summed E-state index contributed by atoms with van der Waals surface area (Å²) in [4.78, 5) is 20.9. The quantitative estimate of drug-likeness (QED) is 0.627. The molecule has 2 aromatic heterocycles. The zero-order valence-electron chi connectivity index (χ0n) is 9.55. The van der Waals surface area contributed by atoms with Gasteiger partial charge in [-0.1, -0.05) is 22.7 Å². The fourth-order valence-electron chi connectivity index (χ4n) is 1.48. The molecular formula is C8H6N4O4S4. The molecule has 8 nitrogen and oxygen atoms in total. The highest BCUT2D eigenvalue weighted by atomic mass is 32.2. The molecule has 0 saturated heterocycles. The maximum Gasteiger partial charge on any atom is 0.233 e. The zero-order chi connectivity index (χ0) is 14.9. The maximum absolute atomic E-state index is 10.5. The molecule has 106 valence electrons. The summed E-state index contributed by atoms with van der Waals surface area (Å²) in [6.45, 7) is 0.321. The highest BCUT2D eigenvalue weighted by Gasteiger charge is 2.15. The van der Waals surface area contributed by atoms with Gasteiger partial charge in [0.05, 0.1) is 0 Å². The van der Waals surface area contributed by atoms with Gasteiger partial charge in [0, 0.05) is 13.1 Å². The van der Waals surface area contributed by atoms with Crippen LogP contribution >= 0.6 is 47.1 Å². The molecule has 0 radical (unpaired) electrons. The van der Waals surface area contributed by atoms with Gasteiger partial charge in [-0.15, -0.1) is 9.81 Å². The minimum atomic E-state index is -0.329. The molecule has 0 spiro atoms. The molecule has 0 unspecified atom stereocenters. The summed E-state index contributed by atoms with van der Waals surface area (Å²) < 4.78 is 3.13. The Morgan fingerprint density at radius 2 is 1.25 bits per heavy atom. The third kappa shape index (κ3) is 2.54. The Kier molecular flexibility index (Phi) is 4.37. The average Bonchev–Trinajstić information content (AvgIpc) is 2.86. The molecule has 0 atom stereocenters. The van der Waals surface area contributed by atoms with E-state index in [9.17, 15) is 20.0 Å². The molecule has 0 amide bonds. The van der Waals surface area contributed by atoms with Gasteiger partial charge in [-0.05, 0) is 34.8 Å². The lowest BCUT2D eigenvalue weighted by Gasteiger charge is -2.06. The van der Waals surface area contributed by atoms with Gasteiger partial charge < -0.3 is 10.2 Å². The zero-order valence-corrected chi connectivity index (χ0v) is 12.8. The van der Waals surface area contributed by atoms with Gasteiger partial charge in [0.25, 0.3) is 0 Å². The standard InChI is InChI=1S/C8H6N4O4S4/c13-5-3(9-15)19-7(17)11(5)1-2-12-6(14)4(10-16)20-8(12)18/h13-14H,1-2H2. The van der Waals surface area contributed by atoms with E-state index in [1.807, 2.05) is 0 Å². The largest absolute Gasteiger partial charge is 0.492 e. The molecule has 20 heavy (non-hydrogen) atoms. The number of aromatic nitrogens is 2. The van der Waals surface area contributed by atoms with Crippen LogP contribution in [0.4, 0.5) is 10.0 Å². The second kappa shape index (κ2) is 5.87. The number of nitrogens with zero attached hydrogens (tertiary/aromatic N) is 4. The van der Waals surface area contributed by atoms with E-state index in [0.29, 0.717) is 0 Å². The minimum absolute atomic E-state index is 0.108. The topological polar surface area (TPSA) is 109 Å². The van der Waals surface area contributed by atoms with Crippen molar-refractivity contribution in [2.24, 2.45) is 10.4 Å². The SMILES string of the molecule is O=Nc1sc(=S)n(CCn2c(O)c(N=O)sc2=S)c1O. The van der Waals surface area contributed by atoms with Crippen LogP contribution in [0.2, 0.25) is 0 Å². The molecule has 2 aromatic rings. The predicted molar refractivity (Wildman–Crippen MR) is 80.5 cm³/mol. The van der Waals surface area contributed by atoms with Crippen molar-refractivity contribution in [1.29, 1.82) is 0 Å². The molecular weight excluding hydrogens is 344 g/mol. The van der Waals surface area contributed by atoms with Gasteiger partial charge in [-0.3, -0.25) is 9.13 Å². The number of hydrogen-bond donors (Lipinski definition) is 2. The van der Waals surface area contributed by atoms with Crippen molar-refractivity contribution in [3.05, 3.63) is 17.7 Å². The van der Waals surface area contributed by atoms with Gasteiger partial charge in [-0.25, -0.2) is 0 Å². The van der Waals surface area contributed by atoms with Gasteiger partial charge in [0.15, 0.2) is 7.91 Å². The Labute approximate surface area is 129 Å². The lowest BCUT2D eigenvalue weighted by atomic mass is 10.5. The third-order valence-corrected chi connectivity index (χ3v) is 5.05. The van der Waals surface area contributed by atoms with Crippen LogP contribution in [0.3, 0.4) is 0 Å². The van der Waals surface area contributed by atoms with Crippen LogP contribution in [0.1, 0.15) is 0 Å². The highest BCUT2D eigenvalue weighted by Crippen LogP contribution is 2.36. The average molecular weight is 350 g/mol.